The Morgan fingerprint density at radius 2 is 1.80 bits per heavy atom. The average molecular weight is 420 g/mol. The van der Waals surface area contributed by atoms with Gasteiger partial charge in [-0.3, -0.25) is 0 Å². The van der Waals surface area contributed by atoms with E-state index in [1.54, 1.807) is 18.2 Å². The van der Waals surface area contributed by atoms with Crippen molar-refractivity contribution in [2.24, 2.45) is 0 Å². The van der Waals surface area contributed by atoms with E-state index in [0.29, 0.717) is 10.8 Å². The third-order valence-corrected chi connectivity index (χ3v) is 3.91. The zero-order chi connectivity index (χ0) is 14.7. The molecule has 104 valence electrons. The number of rotatable bonds is 4. The number of ether oxygens (including phenoxy) is 1. The first-order valence-electron chi connectivity index (χ1n) is 5.57. The normalized spacial score (nSPS) is 10.3. The fourth-order valence-electron chi connectivity index (χ4n) is 1.59. The SMILES string of the molecule is O=C(O)c1ccc(Br)cc1OCc1ccc(Br)cc1Cl. The fourth-order valence-corrected chi connectivity index (χ4v) is 2.65. The van der Waals surface area contributed by atoms with Gasteiger partial charge in [0.2, 0.25) is 0 Å². The van der Waals surface area contributed by atoms with Crippen LogP contribution in [0.2, 0.25) is 5.02 Å². The lowest BCUT2D eigenvalue weighted by Crippen LogP contribution is -2.03. The van der Waals surface area contributed by atoms with Gasteiger partial charge in [-0.1, -0.05) is 49.5 Å². The molecule has 0 atom stereocenters. The maximum Gasteiger partial charge on any atom is 0.339 e. The van der Waals surface area contributed by atoms with E-state index < -0.39 is 5.97 Å². The van der Waals surface area contributed by atoms with E-state index in [0.717, 1.165) is 14.5 Å². The maximum atomic E-state index is 11.1. The van der Waals surface area contributed by atoms with E-state index in [9.17, 15) is 4.79 Å². The van der Waals surface area contributed by atoms with Gasteiger partial charge < -0.3 is 9.84 Å². The van der Waals surface area contributed by atoms with E-state index >= 15 is 0 Å². The van der Waals surface area contributed by atoms with E-state index in [1.165, 1.54) is 6.07 Å². The summed E-state index contributed by atoms with van der Waals surface area (Å²) in [5.74, 6) is -0.736. The van der Waals surface area contributed by atoms with Gasteiger partial charge in [0.05, 0.1) is 0 Å². The Kier molecular flexibility index (Phi) is 5.07. The summed E-state index contributed by atoms with van der Waals surface area (Å²) >= 11 is 12.7. The lowest BCUT2D eigenvalue weighted by atomic mass is 10.2. The van der Waals surface area contributed by atoms with Gasteiger partial charge in [-0.25, -0.2) is 4.79 Å². The summed E-state index contributed by atoms with van der Waals surface area (Å²) < 4.78 is 7.20. The van der Waals surface area contributed by atoms with E-state index in [1.807, 2.05) is 12.1 Å². The Labute approximate surface area is 137 Å². The number of benzene rings is 2. The molecular weight excluding hydrogens is 411 g/mol. The number of carboxylic acids is 1. The summed E-state index contributed by atoms with van der Waals surface area (Å²) in [4.78, 5) is 11.1. The van der Waals surface area contributed by atoms with E-state index in [4.69, 9.17) is 21.4 Å². The van der Waals surface area contributed by atoms with Crippen LogP contribution in [0.1, 0.15) is 15.9 Å². The highest BCUT2D eigenvalue weighted by Crippen LogP contribution is 2.27. The van der Waals surface area contributed by atoms with Crippen molar-refractivity contribution in [3.05, 3.63) is 61.5 Å². The maximum absolute atomic E-state index is 11.1. The van der Waals surface area contributed by atoms with Crippen LogP contribution in [-0.2, 0) is 6.61 Å². The molecule has 0 aliphatic rings. The molecule has 0 heterocycles. The van der Waals surface area contributed by atoms with E-state index in [2.05, 4.69) is 31.9 Å². The smallest absolute Gasteiger partial charge is 0.339 e. The Morgan fingerprint density at radius 1 is 1.15 bits per heavy atom. The molecule has 0 amide bonds. The molecule has 20 heavy (non-hydrogen) atoms. The zero-order valence-corrected chi connectivity index (χ0v) is 14.0. The second-order valence-electron chi connectivity index (χ2n) is 3.97. The number of hydrogen-bond acceptors (Lipinski definition) is 2. The Morgan fingerprint density at radius 3 is 2.45 bits per heavy atom. The summed E-state index contributed by atoms with van der Waals surface area (Å²) in [5.41, 5.74) is 0.896. The van der Waals surface area contributed by atoms with Crippen molar-refractivity contribution >= 4 is 49.4 Å². The molecule has 0 aliphatic heterocycles. The molecule has 0 aliphatic carbocycles. The molecule has 0 aromatic heterocycles. The molecule has 0 unspecified atom stereocenters. The lowest BCUT2D eigenvalue weighted by molar-refractivity contribution is 0.0691. The van der Waals surface area contributed by atoms with Crippen molar-refractivity contribution in [3.8, 4) is 5.75 Å². The largest absolute Gasteiger partial charge is 0.488 e. The average Bonchev–Trinajstić information content (AvgIpc) is 2.37. The van der Waals surface area contributed by atoms with Crippen LogP contribution in [0, 0.1) is 0 Å². The Hall–Kier alpha value is -1.04. The first-order valence-corrected chi connectivity index (χ1v) is 7.53. The molecule has 0 radical (unpaired) electrons. The predicted octanol–water partition coefficient (Wildman–Crippen LogP) is 5.14. The minimum atomic E-state index is -1.03. The van der Waals surface area contributed by atoms with Crippen molar-refractivity contribution in [2.45, 2.75) is 6.61 Å². The first kappa shape index (κ1) is 15.4. The molecule has 2 aromatic carbocycles. The molecule has 0 fully saturated rings. The van der Waals surface area contributed by atoms with Crippen molar-refractivity contribution in [2.75, 3.05) is 0 Å². The zero-order valence-electron chi connectivity index (χ0n) is 10.1. The van der Waals surface area contributed by atoms with E-state index in [-0.39, 0.29) is 12.2 Å². The summed E-state index contributed by atoms with van der Waals surface area (Å²) in [7, 11) is 0. The summed E-state index contributed by atoms with van der Waals surface area (Å²) in [5, 5.41) is 9.68. The van der Waals surface area contributed by atoms with Crippen LogP contribution < -0.4 is 4.74 Å². The van der Waals surface area contributed by atoms with Gasteiger partial charge in [0.15, 0.2) is 0 Å². The molecule has 2 rings (SSSR count). The highest BCUT2D eigenvalue weighted by Gasteiger charge is 2.12. The van der Waals surface area contributed by atoms with Crippen LogP contribution in [0.3, 0.4) is 0 Å². The van der Waals surface area contributed by atoms with Gasteiger partial charge in [-0.2, -0.15) is 0 Å². The molecule has 6 heteroatoms. The molecule has 3 nitrogen and oxygen atoms in total. The summed E-state index contributed by atoms with van der Waals surface area (Å²) in [6.07, 6.45) is 0. The highest BCUT2D eigenvalue weighted by molar-refractivity contribution is 9.10. The topological polar surface area (TPSA) is 46.5 Å². The second-order valence-corrected chi connectivity index (χ2v) is 6.21. The summed E-state index contributed by atoms with van der Waals surface area (Å²) in [6.45, 7) is 0.197. The fraction of sp³-hybridized carbons (Fsp3) is 0.0714. The van der Waals surface area contributed by atoms with Crippen molar-refractivity contribution < 1.29 is 14.6 Å². The number of halogens is 3. The minimum absolute atomic E-state index is 0.112. The van der Waals surface area contributed by atoms with Crippen molar-refractivity contribution in [1.29, 1.82) is 0 Å². The number of hydrogen-bond donors (Lipinski definition) is 1. The van der Waals surface area contributed by atoms with Crippen molar-refractivity contribution in [1.82, 2.24) is 0 Å². The third kappa shape index (κ3) is 3.75. The Bertz CT molecular complexity index is 659. The van der Waals surface area contributed by atoms with Crippen LogP contribution in [0.4, 0.5) is 0 Å². The summed E-state index contributed by atoms with van der Waals surface area (Å²) in [6, 6.07) is 10.2. The number of carbonyl (C=O) groups is 1. The van der Waals surface area contributed by atoms with Crippen LogP contribution in [0.25, 0.3) is 0 Å². The quantitative estimate of drug-likeness (QED) is 0.745. The lowest BCUT2D eigenvalue weighted by Gasteiger charge is -2.11. The van der Waals surface area contributed by atoms with Crippen LogP contribution in [0.5, 0.6) is 5.75 Å². The molecule has 0 bridgehead atoms. The van der Waals surface area contributed by atoms with Gasteiger partial charge in [0, 0.05) is 19.5 Å². The van der Waals surface area contributed by atoms with Crippen LogP contribution in [0.15, 0.2) is 45.3 Å². The number of carboxylic acid groups (broad SMARTS) is 1. The third-order valence-electron chi connectivity index (χ3n) is 2.57. The van der Waals surface area contributed by atoms with Crippen LogP contribution >= 0.6 is 43.5 Å². The molecule has 1 N–H and O–H groups in total. The predicted molar refractivity (Wildman–Crippen MR) is 84.6 cm³/mol. The Balaban J connectivity index is 2.22. The molecular formula is C14H9Br2ClO3. The van der Waals surface area contributed by atoms with Gasteiger partial charge in [0.25, 0.3) is 0 Å². The van der Waals surface area contributed by atoms with Crippen molar-refractivity contribution in [3.63, 3.8) is 0 Å². The van der Waals surface area contributed by atoms with Gasteiger partial charge in [0.1, 0.15) is 17.9 Å². The minimum Gasteiger partial charge on any atom is -0.488 e. The van der Waals surface area contributed by atoms with Crippen LogP contribution in [-0.4, -0.2) is 11.1 Å². The molecule has 2 aromatic rings. The number of aromatic carboxylic acids is 1. The molecule has 0 saturated carbocycles. The second kappa shape index (κ2) is 6.61. The molecule has 0 spiro atoms. The van der Waals surface area contributed by atoms with Gasteiger partial charge >= 0.3 is 5.97 Å². The van der Waals surface area contributed by atoms with Gasteiger partial charge in [-0.05, 0) is 30.3 Å². The standard InChI is InChI=1S/C14H9Br2ClO3/c15-9-2-1-8(12(17)5-9)7-20-13-6-10(16)3-4-11(13)14(18)19/h1-6H,7H2,(H,18,19). The first-order chi connectivity index (χ1) is 9.47. The highest BCUT2D eigenvalue weighted by atomic mass is 79.9. The van der Waals surface area contributed by atoms with Gasteiger partial charge in [-0.15, -0.1) is 0 Å². The molecule has 0 saturated heterocycles. The monoisotopic (exact) mass is 418 g/mol.